The summed E-state index contributed by atoms with van der Waals surface area (Å²) >= 11 is 0. The molecule has 0 fully saturated rings. The Morgan fingerprint density at radius 1 is 1.30 bits per heavy atom. The summed E-state index contributed by atoms with van der Waals surface area (Å²) in [7, 11) is 4.08. The van der Waals surface area contributed by atoms with Crippen LogP contribution in [-0.4, -0.2) is 44.4 Å². The number of aromatic nitrogens is 4. The van der Waals surface area contributed by atoms with E-state index in [1.165, 1.54) is 11.3 Å². The number of H-pyrrole nitrogens is 1. The highest BCUT2D eigenvalue weighted by molar-refractivity contribution is 5.93. The van der Waals surface area contributed by atoms with Gasteiger partial charge < -0.3 is 10.2 Å². The van der Waals surface area contributed by atoms with Crippen LogP contribution in [0.15, 0.2) is 30.3 Å². The number of hydrogen-bond donors (Lipinski definition) is 2. The Hall–Kier alpha value is -2.93. The van der Waals surface area contributed by atoms with Gasteiger partial charge in [0.1, 0.15) is 5.69 Å². The number of fused-ring (bicyclic) bond motifs is 1. The van der Waals surface area contributed by atoms with E-state index in [1.807, 2.05) is 42.9 Å². The average Bonchev–Trinajstić information content (AvgIpc) is 3.25. The smallest absolute Gasteiger partial charge is 0.269 e. The van der Waals surface area contributed by atoms with Crippen molar-refractivity contribution >= 4 is 5.91 Å². The van der Waals surface area contributed by atoms with Crippen molar-refractivity contribution in [2.24, 2.45) is 7.05 Å². The first-order valence-electron chi connectivity index (χ1n) is 9.14. The van der Waals surface area contributed by atoms with E-state index in [2.05, 4.69) is 32.6 Å². The van der Waals surface area contributed by atoms with Gasteiger partial charge in [-0.15, -0.1) is 0 Å². The SMILES string of the molecule is Cc1ccccc1-c1cc(C(=O)NCc2nn(C)c3c2CN(C)CC3)[nH]n1. The molecule has 1 aromatic carbocycles. The molecule has 7 heteroatoms. The molecule has 27 heavy (non-hydrogen) atoms. The zero-order chi connectivity index (χ0) is 19.0. The van der Waals surface area contributed by atoms with Crippen LogP contribution in [0.3, 0.4) is 0 Å². The molecule has 2 aromatic heterocycles. The Morgan fingerprint density at radius 2 is 2.11 bits per heavy atom. The molecule has 1 amide bonds. The van der Waals surface area contributed by atoms with Gasteiger partial charge >= 0.3 is 0 Å². The molecule has 3 heterocycles. The van der Waals surface area contributed by atoms with E-state index in [0.717, 1.165) is 42.0 Å². The van der Waals surface area contributed by atoms with Crippen molar-refractivity contribution in [1.82, 2.24) is 30.2 Å². The minimum Gasteiger partial charge on any atom is -0.345 e. The lowest BCUT2D eigenvalue weighted by molar-refractivity contribution is 0.0945. The molecule has 140 valence electrons. The first kappa shape index (κ1) is 17.5. The molecule has 0 spiro atoms. The molecule has 4 rings (SSSR count). The van der Waals surface area contributed by atoms with Gasteiger partial charge in [0, 0.05) is 43.4 Å². The number of nitrogens with one attached hydrogen (secondary N) is 2. The number of carbonyl (C=O) groups is 1. The zero-order valence-corrected chi connectivity index (χ0v) is 15.9. The molecular formula is C20H24N6O. The van der Waals surface area contributed by atoms with Gasteiger partial charge in [-0.05, 0) is 25.6 Å². The molecular weight excluding hydrogens is 340 g/mol. The lowest BCUT2D eigenvalue weighted by Crippen LogP contribution is -2.28. The molecule has 2 N–H and O–H groups in total. The van der Waals surface area contributed by atoms with E-state index in [4.69, 9.17) is 0 Å². The van der Waals surface area contributed by atoms with Crippen LogP contribution in [0.25, 0.3) is 11.3 Å². The number of aryl methyl sites for hydroxylation is 2. The molecule has 3 aromatic rings. The second-order valence-electron chi connectivity index (χ2n) is 7.15. The molecule has 0 bridgehead atoms. The standard InChI is InChI=1S/C20H24N6O/c1-13-6-4-5-7-14(13)16-10-17(23-22-16)20(27)21-11-18-15-12-25(2)9-8-19(15)26(3)24-18/h4-7,10H,8-9,11-12H2,1-3H3,(H,21,27)(H,22,23). The maximum Gasteiger partial charge on any atom is 0.269 e. The highest BCUT2D eigenvalue weighted by Gasteiger charge is 2.22. The molecule has 0 aliphatic carbocycles. The Morgan fingerprint density at radius 3 is 2.93 bits per heavy atom. The fourth-order valence-corrected chi connectivity index (χ4v) is 3.64. The minimum absolute atomic E-state index is 0.175. The van der Waals surface area contributed by atoms with E-state index in [1.54, 1.807) is 6.07 Å². The van der Waals surface area contributed by atoms with Gasteiger partial charge in [-0.25, -0.2) is 0 Å². The number of carbonyl (C=O) groups excluding carboxylic acids is 1. The van der Waals surface area contributed by atoms with Gasteiger partial charge in [0.05, 0.1) is 17.9 Å². The van der Waals surface area contributed by atoms with Crippen molar-refractivity contribution in [1.29, 1.82) is 0 Å². The normalized spacial score (nSPS) is 14.2. The summed E-state index contributed by atoms with van der Waals surface area (Å²) in [5, 5.41) is 14.7. The van der Waals surface area contributed by atoms with Crippen molar-refractivity contribution in [3.8, 4) is 11.3 Å². The number of aromatic amines is 1. The van der Waals surface area contributed by atoms with Crippen LogP contribution in [0.1, 0.15) is 33.0 Å². The third-order valence-corrected chi connectivity index (χ3v) is 5.18. The van der Waals surface area contributed by atoms with Crippen LogP contribution >= 0.6 is 0 Å². The summed E-state index contributed by atoms with van der Waals surface area (Å²) in [5.74, 6) is -0.175. The predicted molar refractivity (Wildman–Crippen MR) is 103 cm³/mol. The number of hydrogen-bond acceptors (Lipinski definition) is 4. The molecule has 0 saturated carbocycles. The Kier molecular flexibility index (Phi) is 4.53. The fraction of sp³-hybridized carbons (Fsp3) is 0.350. The number of amides is 1. The molecule has 0 saturated heterocycles. The Labute approximate surface area is 158 Å². The predicted octanol–water partition coefficient (Wildman–Crippen LogP) is 2.04. The lowest BCUT2D eigenvalue weighted by atomic mass is 10.1. The van der Waals surface area contributed by atoms with Gasteiger partial charge in [-0.1, -0.05) is 24.3 Å². The monoisotopic (exact) mass is 364 g/mol. The molecule has 1 aliphatic rings. The van der Waals surface area contributed by atoms with Crippen LogP contribution in [0, 0.1) is 6.92 Å². The molecule has 1 aliphatic heterocycles. The molecule has 0 atom stereocenters. The van der Waals surface area contributed by atoms with Gasteiger partial charge in [-0.2, -0.15) is 10.2 Å². The van der Waals surface area contributed by atoms with Crippen LogP contribution in [-0.2, 0) is 26.6 Å². The van der Waals surface area contributed by atoms with Gasteiger partial charge in [0.2, 0.25) is 0 Å². The lowest BCUT2D eigenvalue weighted by Gasteiger charge is -2.23. The van der Waals surface area contributed by atoms with Crippen LogP contribution in [0.5, 0.6) is 0 Å². The summed E-state index contributed by atoms with van der Waals surface area (Å²) in [6.07, 6.45) is 0.990. The Balaban J connectivity index is 1.48. The quantitative estimate of drug-likeness (QED) is 0.743. The zero-order valence-electron chi connectivity index (χ0n) is 15.9. The topological polar surface area (TPSA) is 78.8 Å². The molecule has 7 nitrogen and oxygen atoms in total. The van der Waals surface area contributed by atoms with E-state index in [-0.39, 0.29) is 5.91 Å². The van der Waals surface area contributed by atoms with Crippen molar-refractivity contribution in [2.45, 2.75) is 26.4 Å². The van der Waals surface area contributed by atoms with Crippen LogP contribution in [0.4, 0.5) is 0 Å². The summed E-state index contributed by atoms with van der Waals surface area (Å²) in [4.78, 5) is 14.8. The van der Waals surface area contributed by atoms with Gasteiger partial charge in [-0.3, -0.25) is 14.6 Å². The van der Waals surface area contributed by atoms with Crippen LogP contribution < -0.4 is 5.32 Å². The largest absolute Gasteiger partial charge is 0.345 e. The third kappa shape index (κ3) is 3.38. The number of rotatable bonds is 4. The average molecular weight is 364 g/mol. The highest BCUT2D eigenvalue weighted by atomic mass is 16.1. The highest BCUT2D eigenvalue weighted by Crippen LogP contribution is 2.22. The summed E-state index contributed by atoms with van der Waals surface area (Å²) in [5.41, 5.74) is 6.81. The first-order chi connectivity index (χ1) is 13.0. The van der Waals surface area contributed by atoms with E-state index in [0.29, 0.717) is 12.2 Å². The van der Waals surface area contributed by atoms with Crippen molar-refractivity contribution in [3.05, 3.63) is 58.5 Å². The van der Waals surface area contributed by atoms with E-state index >= 15 is 0 Å². The maximum atomic E-state index is 12.6. The third-order valence-electron chi connectivity index (χ3n) is 5.18. The number of nitrogens with zero attached hydrogens (tertiary/aromatic N) is 4. The molecule has 0 radical (unpaired) electrons. The van der Waals surface area contributed by atoms with Crippen molar-refractivity contribution in [2.75, 3.05) is 13.6 Å². The van der Waals surface area contributed by atoms with E-state index < -0.39 is 0 Å². The van der Waals surface area contributed by atoms with Gasteiger partial charge in [0.15, 0.2) is 0 Å². The van der Waals surface area contributed by atoms with E-state index in [9.17, 15) is 4.79 Å². The fourth-order valence-electron chi connectivity index (χ4n) is 3.64. The summed E-state index contributed by atoms with van der Waals surface area (Å²) in [6, 6.07) is 9.79. The summed E-state index contributed by atoms with van der Waals surface area (Å²) < 4.78 is 1.94. The van der Waals surface area contributed by atoms with Crippen molar-refractivity contribution < 1.29 is 4.79 Å². The second-order valence-corrected chi connectivity index (χ2v) is 7.15. The minimum atomic E-state index is -0.175. The van der Waals surface area contributed by atoms with Crippen molar-refractivity contribution in [3.63, 3.8) is 0 Å². The second kappa shape index (κ2) is 7.00. The molecule has 0 unspecified atom stereocenters. The maximum absolute atomic E-state index is 12.6. The van der Waals surface area contributed by atoms with Gasteiger partial charge in [0.25, 0.3) is 5.91 Å². The number of likely N-dealkylation sites (N-methyl/N-ethyl adjacent to an activating group) is 1. The summed E-state index contributed by atoms with van der Waals surface area (Å²) in [6.45, 7) is 4.35. The number of benzene rings is 1. The Bertz CT molecular complexity index is 986. The van der Waals surface area contributed by atoms with Crippen LogP contribution in [0.2, 0.25) is 0 Å². The first-order valence-corrected chi connectivity index (χ1v) is 9.14.